The summed E-state index contributed by atoms with van der Waals surface area (Å²) in [5.41, 5.74) is 3.08. The Balaban J connectivity index is 1.33. The maximum atomic E-state index is 12.5. The van der Waals surface area contributed by atoms with E-state index in [0.717, 1.165) is 17.7 Å². The zero-order valence-corrected chi connectivity index (χ0v) is 17.1. The van der Waals surface area contributed by atoms with Crippen LogP contribution in [-0.2, 0) is 20.8 Å². The molecule has 1 aromatic carbocycles. The van der Waals surface area contributed by atoms with Crippen molar-refractivity contribution in [2.24, 2.45) is 11.8 Å². The molecule has 2 atom stereocenters. The van der Waals surface area contributed by atoms with E-state index in [1.807, 2.05) is 29.7 Å². The molecule has 1 N–H and O–H groups in total. The number of rotatable bonds is 6. The number of likely N-dealkylation sites (tertiary alicyclic amines) is 1. The molecule has 3 amide bonds. The lowest BCUT2D eigenvalue weighted by molar-refractivity contribution is -0.140. The minimum absolute atomic E-state index is 0.0739. The number of nitrogens with one attached hydrogen (secondary N) is 1. The summed E-state index contributed by atoms with van der Waals surface area (Å²) in [6.45, 7) is 2.23. The van der Waals surface area contributed by atoms with Crippen molar-refractivity contribution in [2.75, 3.05) is 11.9 Å². The van der Waals surface area contributed by atoms with Crippen LogP contribution in [0, 0.1) is 11.8 Å². The fraction of sp³-hybridized carbons (Fsp3) is 0.364. The Morgan fingerprint density at radius 3 is 2.41 bits per heavy atom. The van der Waals surface area contributed by atoms with E-state index in [9.17, 15) is 14.4 Å². The summed E-state index contributed by atoms with van der Waals surface area (Å²) in [5.74, 6) is -1.05. The van der Waals surface area contributed by atoms with Crippen molar-refractivity contribution in [3.63, 3.8) is 0 Å². The van der Waals surface area contributed by atoms with Gasteiger partial charge in [-0.05, 0) is 24.8 Å². The third kappa shape index (κ3) is 4.00. The Morgan fingerprint density at radius 2 is 1.79 bits per heavy atom. The number of thiazole rings is 1. The number of anilines is 1. The van der Waals surface area contributed by atoms with Gasteiger partial charge in [0.1, 0.15) is 0 Å². The van der Waals surface area contributed by atoms with Crippen LogP contribution in [0.5, 0.6) is 0 Å². The van der Waals surface area contributed by atoms with Crippen LogP contribution in [-0.4, -0.2) is 34.2 Å². The number of amides is 3. The maximum absolute atomic E-state index is 12.5. The van der Waals surface area contributed by atoms with E-state index in [1.165, 1.54) is 21.8 Å². The van der Waals surface area contributed by atoms with Crippen LogP contribution in [0.15, 0.2) is 41.8 Å². The van der Waals surface area contributed by atoms with Gasteiger partial charge in [-0.15, -0.1) is 11.3 Å². The Bertz CT molecular complexity index is 938. The molecule has 0 unspecified atom stereocenters. The van der Waals surface area contributed by atoms with Crippen LogP contribution in [0.1, 0.15) is 31.7 Å². The van der Waals surface area contributed by atoms with Crippen molar-refractivity contribution in [3.05, 3.63) is 47.4 Å². The third-order valence-electron chi connectivity index (χ3n) is 5.57. The zero-order valence-electron chi connectivity index (χ0n) is 16.3. The number of aryl methyl sites for hydroxylation is 1. The molecule has 0 bridgehead atoms. The van der Waals surface area contributed by atoms with Crippen molar-refractivity contribution < 1.29 is 14.4 Å². The van der Waals surface area contributed by atoms with E-state index in [2.05, 4.69) is 29.4 Å². The number of carbonyl (C=O) groups is 3. The molecule has 1 aliphatic carbocycles. The lowest BCUT2D eigenvalue weighted by atomic mass is 9.85. The van der Waals surface area contributed by atoms with Crippen LogP contribution in [0.25, 0.3) is 11.3 Å². The molecule has 1 fully saturated rings. The van der Waals surface area contributed by atoms with Crippen molar-refractivity contribution in [1.82, 2.24) is 9.88 Å². The lowest BCUT2D eigenvalue weighted by Gasteiger charge is -2.14. The summed E-state index contributed by atoms with van der Waals surface area (Å²) < 4.78 is 0. The molecule has 2 aliphatic rings. The second-order valence-electron chi connectivity index (χ2n) is 7.37. The predicted octanol–water partition coefficient (Wildman–Crippen LogP) is 3.65. The number of imide groups is 1. The summed E-state index contributed by atoms with van der Waals surface area (Å²) in [7, 11) is 0. The van der Waals surface area contributed by atoms with E-state index in [-0.39, 0.29) is 42.5 Å². The number of benzene rings is 1. The molecule has 1 aromatic heterocycles. The molecule has 1 saturated heterocycles. The van der Waals surface area contributed by atoms with Crippen molar-refractivity contribution >= 4 is 34.2 Å². The molecule has 6 nitrogen and oxygen atoms in total. The van der Waals surface area contributed by atoms with E-state index in [0.29, 0.717) is 18.0 Å². The average Bonchev–Trinajstić information content (AvgIpc) is 3.30. The lowest BCUT2D eigenvalue weighted by Crippen LogP contribution is -2.34. The molecule has 1 aliphatic heterocycles. The van der Waals surface area contributed by atoms with Gasteiger partial charge in [-0.3, -0.25) is 19.3 Å². The summed E-state index contributed by atoms with van der Waals surface area (Å²) >= 11 is 1.36. The zero-order chi connectivity index (χ0) is 20.4. The highest BCUT2D eigenvalue weighted by Gasteiger charge is 2.46. The predicted molar refractivity (Wildman–Crippen MR) is 112 cm³/mol. The van der Waals surface area contributed by atoms with E-state index in [4.69, 9.17) is 0 Å². The van der Waals surface area contributed by atoms with Gasteiger partial charge < -0.3 is 5.32 Å². The summed E-state index contributed by atoms with van der Waals surface area (Å²) in [6.07, 6.45) is 6.19. The molecule has 29 heavy (non-hydrogen) atoms. The van der Waals surface area contributed by atoms with Crippen molar-refractivity contribution in [2.45, 2.75) is 32.6 Å². The first-order chi connectivity index (χ1) is 14.1. The number of nitrogens with zero attached hydrogens (tertiary/aromatic N) is 2. The molecule has 4 rings (SSSR count). The van der Waals surface area contributed by atoms with Gasteiger partial charge >= 0.3 is 0 Å². The van der Waals surface area contributed by atoms with E-state index >= 15 is 0 Å². The quantitative estimate of drug-likeness (QED) is 0.583. The molecule has 150 valence electrons. The number of allylic oxidation sites excluding steroid dienone is 2. The largest absolute Gasteiger partial charge is 0.302 e. The molecule has 0 saturated carbocycles. The van der Waals surface area contributed by atoms with E-state index < -0.39 is 0 Å². The fourth-order valence-electron chi connectivity index (χ4n) is 3.86. The van der Waals surface area contributed by atoms with Crippen molar-refractivity contribution in [1.29, 1.82) is 0 Å². The smallest absolute Gasteiger partial charge is 0.233 e. The van der Waals surface area contributed by atoms with Gasteiger partial charge in [0, 0.05) is 23.9 Å². The molecule has 0 radical (unpaired) electrons. The maximum Gasteiger partial charge on any atom is 0.233 e. The standard InChI is InChI=1S/C22H23N3O3S/c1-2-14-7-9-15(10-8-14)18-13-29-22(23-18)24-19(26)11-12-25-20(27)16-5-3-4-6-17(16)21(25)28/h3-4,7-10,13,16-17H,2,5-6,11-12H2,1H3,(H,23,24,26)/t16-,17-/m1/s1. The molecule has 7 heteroatoms. The van der Waals surface area contributed by atoms with Gasteiger partial charge in [0.15, 0.2) is 5.13 Å². The second-order valence-corrected chi connectivity index (χ2v) is 8.23. The monoisotopic (exact) mass is 409 g/mol. The van der Waals surface area contributed by atoms with Crippen molar-refractivity contribution in [3.8, 4) is 11.3 Å². The Hall–Kier alpha value is -2.80. The SMILES string of the molecule is CCc1ccc(-c2csc(NC(=O)CCN3C(=O)[C@@H]4CC=CC[C@H]4C3=O)n2)cc1. The van der Waals surface area contributed by atoms with Crippen LogP contribution in [0.2, 0.25) is 0 Å². The van der Waals surface area contributed by atoms with Crippen LogP contribution >= 0.6 is 11.3 Å². The van der Waals surface area contributed by atoms with Gasteiger partial charge in [0.2, 0.25) is 17.7 Å². The minimum Gasteiger partial charge on any atom is -0.302 e. The third-order valence-corrected chi connectivity index (χ3v) is 6.33. The highest BCUT2D eigenvalue weighted by atomic mass is 32.1. The first kappa shape index (κ1) is 19.5. The average molecular weight is 410 g/mol. The Labute approximate surface area is 173 Å². The normalized spacial score (nSPS) is 20.8. The van der Waals surface area contributed by atoms with Gasteiger partial charge in [0.25, 0.3) is 0 Å². The van der Waals surface area contributed by atoms with Crippen LogP contribution in [0.4, 0.5) is 5.13 Å². The summed E-state index contributed by atoms with van der Waals surface area (Å²) in [6, 6.07) is 8.20. The van der Waals surface area contributed by atoms with Gasteiger partial charge in [-0.25, -0.2) is 4.98 Å². The topological polar surface area (TPSA) is 79.4 Å². The van der Waals surface area contributed by atoms with E-state index in [1.54, 1.807) is 0 Å². The summed E-state index contributed by atoms with van der Waals surface area (Å²) in [4.78, 5) is 43.0. The Morgan fingerprint density at radius 1 is 1.14 bits per heavy atom. The minimum atomic E-state index is -0.254. The Kier molecular flexibility index (Phi) is 5.58. The molecule has 0 spiro atoms. The fourth-order valence-corrected chi connectivity index (χ4v) is 4.60. The van der Waals surface area contributed by atoms with Gasteiger partial charge in [-0.1, -0.05) is 43.3 Å². The number of fused-ring (bicyclic) bond motifs is 1. The number of hydrogen-bond acceptors (Lipinski definition) is 5. The number of hydrogen-bond donors (Lipinski definition) is 1. The second kappa shape index (κ2) is 8.29. The van der Waals surface area contributed by atoms with Gasteiger partial charge in [-0.2, -0.15) is 0 Å². The highest BCUT2D eigenvalue weighted by Crippen LogP contribution is 2.35. The summed E-state index contributed by atoms with van der Waals surface area (Å²) in [5, 5.41) is 5.20. The number of aromatic nitrogens is 1. The molecular formula is C22H23N3O3S. The first-order valence-corrected chi connectivity index (χ1v) is 10.8. The van der Waals surface area contributed by atoms with Crippen LogP contribution < -0.4 is 5.32 Å². The highest BCUT2D eigenvalue weighted by molar-refractivity contribution is 7.14. The van der Waals surface area contributed by atoms with Gasteiger partial charge in [0.05, 0.1) is 17.5 Å². The molecule has 2 heterocycles. The van der Waals surface area contributed by atoms with Crippen LogP contribution in [0.3, 0.4) is 0 Å². The number of carbonyl (C=O) groups excluding carboxylic acids is 3. The first-order valence-electron chi connectivity index (χ1n) is 9.91. The molecular weight excluding hydrogens is 386 g/mol. The molecule has 2 aromatic rings.